The maximum atomic E-state index is 12.7. The fourth-order valence-electron chi connectivity index (χ4n) is 6.15. The van der Waals surface area contributed by atoms with Crippen LogP contribution >= 0.6 is 0 Å². The summed E-state index contributed by atoms with van der Waals surface area (Å²) in [7, 11) is 5.39. The molecule has 0 saturated carbocycles. The number of aliphatic carboxylic acids is 1. The van der Waals surface area contributed by atoms with Crippen molar-refractivity contribution in [3.05, 3.63) is 12.2 Å². The number of carbonyl (C=O) groups excluding carboxylic acids is 3. The van der Waals surface area contributed by atoms with Gasteiger partial charge in [-0.05, 0) is 25.7 Å². The third kappa shape index (κ3) is 32.0. The first-order chi connectivity index (χ1) is 24.1. The van der Waals surface area contributed by atoms with Gasteiger partial charge in [0.15, 0.2) is 6.10 Å². The van der Waals surface area contributed by atoms with Crippen LogP contribution < -0.4 is 5.11 Å². The van der Waals surface area contributed by atoms with Gasteiger partial charge in [-0.25, -0.2) is 0 Å². The lowest BCUT2D eigenvalue weighted by Crippen LogP contribution is -2.55. The normalized spacial score (nSPS) is 13.1. The highest BCUT2D eigenvalue weighted by Crippen LogP contribution is 2.15. The summed E-state index contributed by atoms with van der Waals surface area (Å²) in [4.78, 5) is 36.6. The highest BCUT2D eigenvalue weighted by molar-refractivity contribution is 5.70. The maximum Gasteiger partial charge on any atom is 0.306 e. The number of carboxylic acid groups (broad SMARTS) is 1. The second-order valence-corrected chi connectivity index (χ2v) is 15.2. The number of quaternary nitrogens is 1. The Labute approximate surface area is 308 Å². The summed E-state index contributed by atoms with van der Waals surface area (Å²) in [6.45, 7) is 4.59. The van der Waals surface area contributed by atoms with E-state index in [4.69, 9.17) is 14.2 Å². The second-order valence-electron chi connectivity index (χ2n) is 15.2. The predicted molar refractivity (Wildman–Crippen MR) is 204 cm³/mol. The minimum Gasteiger partial charge on any atom is -0.544 e. The van der Waals surface area contributed by atoms with E-state index < -0.39 is 18.1 Å². The maximum absolute atomic E-state index is 12.7. The van der Waals surface area contributed by atoms with Crippen LogP contribution in [0.5, 0.6) is 0 Å². The van der Waals surface area contributed by atoms with E-state index >= 15 is 0 Å². The average Bonchev–Trinajstić information content (AvgIpc) is 3.06. The average molecular weight is 710 g/mol. The van der Waals surface area contributed by atoms with Gasteiger partial charge in [0.25, 0.3) is 0 Å². The van der Waals surface area contributed by atoms with Crippen LogP contribution in [0.15, 0.2) is 12.2 Å². The smallest absolute Gasteiger partial charge is 0.306 e. The fourth-order valence-corrected chi connectivity index (χ4v) is 6.15. The van der Waals surface area contributed by atoms with E-state index in [1.807, 2.05) is 6.08 Å². The molecular formula is C42H79NO7. The van der Waals surface area contributed by atoms with Crippen LogP contribution in [0.3, 0.4) is 0 Å². The molecule has 0 aromatic rings. The van der Waals surface area contributed by atoms with Crippen LogP contribution in [0.1, 0.15) is 187 Å². The summed E-state index contributed by atoms with van der Waals surface area (Å²) in [6.07, 6.45) is 34.0. The molecule has 0 fully saturated rings. The fraction of sp³-hybridized carbons (Fsp3) is 0.881. The molecule has 0 N–H and O–H groups in total. The predicted octanol–water partition coefficient (Wildman–Crippen LogP) is 9.41. The molecule has 0 heterocycles. The van der Waals surface area contributed by atoms with Gasteiger partial charge >= 0.3 is 11.9 Å². The minimum absolute atomic E-state index is 0.0344. The molecule has 0 rings (SSSR count). The molecule has 2 unspecified atom stereocenters. The van der Waals surface area contributed by atoms with E-state index in [-0.39, 0.29) is 49.1 Å². The van der Waals surface area contributed by atoms with Gasteiger partial charge in [-0.15, -0.1) is 0 Å². The van der Waals surface area contributed by atoms with E-state index in [2.05, 4.69) is 19.9 Å². The zero-order chi connectivity index (χ0) is 37.1. The summed E-state index contributed by atoms with van der Waals surface area (Å²) in [5.41, 5.74) is 0. The van der Waals surface area contributed by atoms with Crippen LogP contribution in [0, 0.1) is 0 Å². The van der Waals surface area contributed by atoms with Crippen molar-refractivity contribution in [2.24, 2.45) is 0 Å². The number of hydrogen-bond acceptors (Lipinski definition) is 7. The second kappa shape index (κ2) is 34.2. The number of unbranched alkanes of at least 4 members (excludes halogenated alkanes) is 21. The molecule has 0 aliphatic heterocycles. The quantitative estimate of drug-likeness (QED) is 0.0274. The first-order valence-electron chi connectivity index (χ1n) is 20.7. The lowest BCUT2D eigenvalue weighted by Gasteiger charge is -2.34. The van der Waals surface area contributed by atoms with E-state index in [0.29, 0.717) is 12.8 Å². The molecule has 0 aliphatic carbocycles. The summed E-state index contributed by atoms with van der Waals surface area (Å²) >= 11 is 0. The molecular weight excluding hydrogens is 630 g/mol. The molecule has 0 aromatic carbocycles. The third-order valence-electron chi connectivity index (χ3n) is 9.42. The summed E-state index contributed by atoms with van der Waals surface area (Å²) in [6, 6.07) is -0.724. The molecule has 0 aliphatic rings. The molecule has 0 amide bonds. The van der Waals surface area contributed by atoms with Crippen molar-refractivity contribution in [3.8, 4) is 0 Å². The van der Waals surface area contributed by atoms with Crippen LogP contribution in [0.25, 0.3) is 0 Å². The summed E-state index contributed by atoms with van der Waals surface area (Å²) in [5, 5.41) is 11.6. The van der Waals surface area contributed by atoms with Gasteiger partial charge in [0.1, 0.15) is 12.6 Å². The van der Waals surface area contributed by atoms with Crippen LogP contribution in [-0.4, -0.2) is 75.5 Å². The Bertz CT molecular complexity index is 838. The minimum atomic E-state index is -1.13. The van der Waals surface area contributed by atoms with Gasteiger partial charge in [-0.2, -0.15) is 0 Å². The molecule has 8 nitrogen and oxygen atoms in total. The van der Waals surface area contributed by atoms with Gasteiger partial charge in [0.05, 0.1) is 40.3 Å². The van der Waals surface area contributed by atoms with E-state index in [0.717, 1.165) is 25.7 Å². The molecule has 0 aromatic heterocycles. The summed E-state index contributed by atoms with van der Waals surface area (Å²) in [5.74, 6) is -1.79. The molecule has 294 valence electrons. The van der Waals surface area contributed by atoms with Gasteiger partial charge in [0, 0.05) is 19.3 Å². The molecule has 50 heavy (non-hydrogen) atoms. The molecule has 0 radical (unpaired) electrons. The number of likely N-dealkylation sites (N-methyl/N-ethyl adjacent to an activating group) is 1. The zero-order valence-corrected chi connectivity index (χ0v) is 33.3. The Morgan fingerprint density at radius 3 is 1.52 bits per heavy atom. The molecule has 0 bridgehead atoms. The van der Waals surface area contributed by atoms with Crippen LogP contribution in [0.2, 0.25) is 0 Å². The molecule has 0 spiro atoms. The van der Waals surface area contributed by atoms with E-state index in [1.165, 1.54) is 122 Å². The van der Waals surface area contributed by atoms with Crippen molar-refractivity contribution in [3.63, 3.8) is 0 Å². The Morgan fingerprint density at radius 1 is 0.580 bits per heavy atom. The van der Waals surface area contributed by atoms with Crippen molar-refractivity contribution in [1.82, 2.24) is 0 Å². The third-order valence-corrected chi connectivity index (χ3v) is 9.42. The van der Waals surface area contributed by atoms with Gasteiger partial charge < -0.3 is 28.6 Å². The standard InChI is InChI=1S/C42H79NO7/c1-6-8-10-12-14-16-17-18-19-20-21-22-23-24-25-27-29-31-33-41(45)50-38(36-48-35-34-39(42(46)47)43(3,4)5)37-49-40(44)32-30-28-26-15-13-11-9-7-2/h26,28,38-39H,6-25,27,29-37H2,1-5H3/b28-26+. The number of carbonyl (C=O) groups is 3. The van der Waals surface area contributed by atoms with Crippen molar-refractivity contribution >= 4 is 17.9 Å². The first kappa shape index (κ1) is 48.1. The van der Waals surface area contributed by atoms with Gasteiger partial charge in [-0.3, -0.25) is 9.59 Å². The molecule has 2 atom stereocenters. The molecule has 0 saturated heterocycles. The lowest BCUT2D eigenvalue weighted by molar-refractivity contribution is -0.889. The monoisotopic (exact) mass is 710 g/mol. The Hall–Kier alpha value is -1.93. The largest absolute Gasteiger partial charge is 0.544 e. The van der Waals surface area contributed by atoms with Crippen LogP contribution in [-0.2, 0) is 28.6 Å². The van der Waals surface area contributed by atoms with Crippen molar-refractivity contribution in [2.45, 2.75) is 199 Å². The lowest BCUT2D eigenvalue weighted by atomic mass is 10.0. The Balaban J connectivity index is 4.28. The van der Waals surface area contributed by atoms with Crippen molar-refractivity contribution < 1.29 is 38.2 Å². The van der Waals surface area contributed by atoms with Crippen molar-refractivity contribution in [1.29, 1.82) is 0 Å². The number of allylic oxidation sites excluding steroid dienone is 2. The number of ether oxygens (including phenoxy) is 3. The Morgan fingerprint density at radius 2 is 1.04 bits per heavy atom. The highest BCUT2D eigenvalue weighted by Gasteiger charge is 2.25. The van der Waals surface area contributed by atoms with Gasteiger partial charge in [0.2, 0.25) is 0 Å². The topological polar surface area (TPSA) is 102 Å². The zero-order valence-electron chi connectivity index (χ0n) is 33.3. The van der Waals surface area contributed by atoms with Gasteiger partial charge in [-0.1, -0.05) is 154 Å². The number of esters is 2. The van der Waals surface area contributed by atoms with E-state index in [9.17, 15) is 19.5 Å². The van der Waals surface area contributed by atoms with Crippen molar-refractivity contribution in [2.75, 3.05) is 41.0 Å². The number of hydrogen-bond donors (Lipinski definition) is 0. The van der Waals surface area contributed by atoms with Crippen LogP contribution in [0.4, 0.5) is 0 Å². The summed E-state index contributed by atoms with van der Waals surface area (Å²) < 4.78 is 17.0. The first-order valence-corrected chi connectivity index (χ1v) is 20.7. The van der Waals surface area contributed by atoms with E-state index in [1.54, 1.807) is 21.1 Å². The number of rotatable bonds is 37. The molecule has 8 heteroatoms. The SMILES string of the molecule is CCCCCC/C=C/CCC(=O)OCC(COCCC(C(=O)[O-])[N+](C)(C)C)OC(=O)CCCCCCCCCCCCCCCCCCCC. The Kier molecular flexibility index (Phi) is 32.9. The number of nitrogens with zero attached hydrogens (tertiary/aromatic N) is 1. The number of carboxylic acids is 1. The highest BCUT2D eigenvalue weighted by atomic mass is 16.6.